The number of aliphatic hydroxyl groups excluding tert-OH is 1. The van der Waals surface area contributed by atoms with Crippen molar-refractivity contribution in [2.75, 3.05) is 7.11 Å². The molecule has 0 spiro atoms. The Morgan fingerprint density at radius 2 is 1.90 bits per heavy atom. The topological polar surface area (TPSA) is 29.5 Å². The van der Waals surface area contributed by atoms with E-state index in [0.717, 1.165) is 25.7 Å². The SMILES string of the molecule is CO[C@]1(C)CC[C@@H](O)CC1. The van der Waals surface area contributed by atoms with Crippen molar-refractivity contribution in [3.8, 4) is 0 Å². The minimum atomic E-state index is -0.0803. The average Bonchev–Trinajstić information content (AvgIpc) is 1.96. The average molecular weight is 144 g/mol. The lowest BCUT2D eigenvalue weighted by Gasteiger charge is -2.34. The molecule has 1 N–H and O–H groups in total. The van der Waals surface area contributed by atoms with Gasteiger partial charge in [0.2, 0.25) is 0 Å². The monoisotopic (exact) mass is 144 g/mol. The van der Waals surface area contributed by atoms with Crippen LogP contribution in [0.2, 0.25) is 0 Å². The third kappa shape index (κ3) is 1.70. The summed E-state index contributed by atoms with van der Waals surface area (Å²) in [4.78, 5) is 0. The van der Waals surface area contributed by atoms with Gasteiger partial charge in [0.15, 0.2) is 0 Å². The van der Waals surface area contributed by atoms with E-state index in [0.29, 0.717) is 0 Å². The van der Waals surface area contributed by atoms with Crippen molar-refractivity contribution in [3.63, 3.8) is 0 Å². The largest absolute Gasteiger partial charge is 0.393 e. The number of aliphatic hydroxyl groups is 1. The zero-order valence-corrected chi connectivity index (χ0v) is 6.76. The van der Waals surface area contributed by atoms with Crippen LogP contribution in [0, 0.1) is 0 Å². The van der Waals surface area contributed by atoms with Gasteiger partial charge < -0.3 is 9.84 Å². The molecule has 1 fully saturated rings. The van der Waals surface area contributed by atoms with E-state index >= 15 is 0 Å². The molecule has 0 bridgehead atoms. The van der Waals surface area contributed by atoms with Gasteiger partial charge in [0.25, 0.3) is 0 Å². The maximum atomic E-state index is 9.18. The van der Waals surface area contributed by atoms with Crippen molar-refractivity contribution in [1.29, 1.82) is 0 Å². The van der Waals surface area contributed by atoms with Gasteiger partial charge in [0, 0.05) is 7.11 Å². The van der Waals surface area contributed by atoms with Gasteiger partial charge in [0.1, 0.15) is 0 Å². The second kappa shape index (κ2) is 2.89. The Morgan fingerprint density at radius 3 is 2.30 bits per heavy atom. The molecule has 0 aliphatic heterocycles. The molecular weight excluding hydrogens is 128 g/mol. The van der Waals surface area contributed by atoms with Gasteiger partial charge >= 0.3 is 0 Å². The fraction of sp³-hybridized carbons (Fsp3) is 1.00. The van der Waals surface area contributed by atoms with E-state index < -0.39 is 0 Å². The summed E-state index contributed by atoms with van der Waals surface area (Å²) in [6.45, 7) is 2.11. The van der Waals surface area contributed by atoms with Crippen molar-refractivity contribution in [1.82, 2.24) is 0 Å². The molecule has 2 nitrogen and oxygen atoms in total. The Balaban J connectivity index is 2.38. The predicted molar refractivity (Wildman–Crippen MR) is 39.9 cm³/mol. The number of rotatable bonds is 1. The lowest BCUT2D eigenvalue weighted by atomic mass is 9.85. The number of hydrogen-bond donors (Lipinski definition) is 1. The number of hydrogen-bond acceptors (Lipinski definition) is 2. The normalized spacial score (nSPS) is 41.7. The summed E-state index contributed by atoms with van der Waals surface area (Å²) in [7, 11) is 1.75. The molecule has 0 aromatic heterocycles. The molecule has 60 valence electrons. The van der Waals surface area contributed by atoms with Crippen molar-refractivity contribution in [2.24, 2.45) is 0 Å². The number of methoxy groups -OCH3 is 1. The van der Waals surface area contributed by atoms with Crippen LogP contribution in [-0.2, 0) is 4.74 Å². The highest BCUT2D eigenvalue weighted by molar-refractivity contribution is 4.82. The van der Waals surface area contributed by atoms with Gasteiger partial charge in [-0.05, 0) is 32.6 Å². The standard InChI is InChI=1S/C8H16O2/c1-8(10-2)5-3-7(9)4-6-8/h7,9H,3-6H2,1-2H3/t7-,8-. The minimum absolute atomic E-state index is 0.0409. The second-order valence-corrected chi connectivity index (χ2v) is 3.39. The van der Waals surface area contributed by atoms with Crippen LogP contribution in [0.15, 0.2) is 0 Å². The number of ether oxygens (including phenoxy) is 1. The van der Waals surface area contributed by atoms with E-state index in [-0.39, 0.29) is 11.7 Å². The summed E-state index contributed by atoms with van der Waals surface area (Å²) in [6.07, 6.45) is 3.69. The zero-order valence-electron chi connectivity index (χ0n) is 6.76. The smallest absolute Gasteiger partial charge is 0.0652 e. The molecule has 2 heteroatoms. The van der Waals surface area contributed by atoms with Gasteiger partial charge in [-0.1, -0.05) is 0 Å². The van der Waals surface area contributed by atoms with Crippen LogP contribution in [0.1, 0.15) is 32.6 Å². The van der Waals surface area contributed by atoms with E-state index in [9.17, 15) is 5.11 Å². The van der Waals surface area contributed by atoms with Gasteiger partial charge in [-0.3, -0.25) is 0 Å². The van der Waals surface area contributed by atoms with E-state index in [4.69, 9.17) is 4.74 Å². The van der Waals surface area contributed by atoms with Crippen molar-refractivity contribution in [2.45, 2.75) is 44.3 Å². The second-order valence-electron chi connectivity index (χ2n) is 3.39. The molecule has 0 heterocycles. The van der Waals surface area contributed by atoms with Crippen LogP contribution in [0.5, 0.6) is 0 Å². The third-order valence-electron chi connectivity index (χ3n) is 2.51. The summed E-state index contributed by atoms with van der Waals surface area (Å²) in [5.41, 5.74) is 0.0409. The Kier molecular flexibility index (Phi) is 2.32. The van der Waals surface area contributed by atoms with Gasteiger partial charge in [-0.2, -0.15) is 0 Å². The lowest BCUT2D eigenvalue weighted by molar-refractivity contribution is -0.0502. The van der Waals surface area contributed by atoms with Crippen LogP contribution in [0.4, 0.5) is 0 Å². The molecule has 0 aromatic rings. The zero-order chi connectivity index (χ0) is 7.61. The Hall–Kier alpha value is -0.0800. The highest BCUT2D eigenvalue weighted by Crippen LogP contribution is 2.30. The first-order valence-corrected chi connectivity index (χ1v) is 3.89. The summed E-state index contributed by atoms with van der Waals surface area (Å²) < 4.78 is 5.32. The minimum Gasteiger partial charge on any atom is -0.393 e. The molecule has 1 aliphatic rings. The fourth-order valence-corrected chi connectivity index (χ4v) is 1.42. The van der Waals surface area contributed by atoms with E-state index in [1.54, 1.807) is 7.11 Å². The Morgan fingerprint density at radius 1 is 1.40 bits per heavy atom. The Labute approximate surface area is 62.2 Å². The van der Waals surface area contributed by atoms with E-state index in [2.05, 4.69) is 6.92 Å². The maximum absolute atomic E-state index is 9.18. The molecule has 10 heavy (non-hydrogen) atoms. The molecule has 0 saturated heterocycles. The molecule has 0 amide bonds. The maximum Gasteiger partial charge on any atom is 0.0652 e. The summed E-state index contributed by atoms with van der Waals surface area (Å²) in [5, 5.41) is 9.18. The summed E-state index contributed by atoms with van der Waals surface area (Å²) in [6, 6.07) is 0. The van der Waals surface area contributed by atoms with Gasteiger partial charge in [-0.15, -0.1) is 0 Å². The molecule has 0 aromatic carbocycles. The van der Waals surface area contributed by atoms with Crippen molar-refractivity contribution < 1.29 is 9.84 Å². The van der Waals surface area contributed by atoms with Gasteiger partial charge in [0.05, 0.1) is 11.7 Å². The van der Waals surface area contributed by atoms with E-state index in [1.807, 2.05) is 0 Å². The molecular formula is C8H16O2. The third-order valence-corrected chi connectivity index (χ3v) is 2.51. The molecule has 0 atom stereocenters. The molecule has 1 saturated carbocycles. The molecule has 1 rings (SSSR count). The lowest BCUT2D eigenvalue weighted by Crippen LogP contribution is -2.34. The van der Waals surface area contributed by atoms with Crippen molar-refractivity contribution >= 4 is 0 Å². The predicted octanol–water partition coefficient (Wildman–Crippen LogP) is 1.33. The van der Waals surface area contributed by atoms with Crippen LogP contribution in [0.3, 0.4) is 0 Å². The quantitative estimate of drug-likeness (QED) is 0.601. The van der Waals surface area contributed by atoms with Crippen LogP contribution < -0.4 is 0 Å². The first-order valence-electron chi connectivity index (χ1n) is 3.89. The summed E-state index contributed by atoms with van der Waals surface area (Å²) >= 11 is 0. The molecule has 0 radical (unpaired) electrons. The van der Waals surface area contributed by atoms with Crippen molar-refractivity contribution in [3.05, 3.63) is 0 Å². The highest BCUT2D eigenvalue weighted by Gasteiger charge is 2.29. The summed E-state index contributed by atoms with van der Waals surface area (Å²) in [5.74, 6) is 0. The van der Waals surface area contributed by atoms with Crippen LogP contribution >= 0.6 is 0 Å². The first kappa shape index (κ1) is 8.02. The first-order chi connectivity index (χ1) is 4.66. The molecule has 1 aliphatic carbocycles. The van der Waals surface area contributed by atoms with Crippen LogP contribution in [-0.4, -0.2) is 23.9 Å². The fourth-order valence-electron chi connectivity index (χ4n) is 1.42. The Bertz CT molecular complexity index is 104. The van der Waals surface area contributed by atoms with Gasteiger partial charge in [-0.25, -0.2) is 0 Å². The molecule has 0 unspecified atom stereocenters. The van der Waals surface area contributed by atoms with E-state index in [1.165, 1.54) is 0 Å². The highest BCUT2D eigenvalue weighted by atomic mass is 16.5. The van der Waals surface area contributed by atoms with Crippen LogP contribution in [0.25, 0.3) is 0 Å².